The van der Waals surface area contributed by atoms with E-state index in [0.29, 0.717) is 12.5 Å². The molecular formula is C25H32FN3O. The van der Waals surface area contributed by atoms with Gasteiger partial charge in [-0.2, -0.15) is 0 Å². The fourth-order valence-electron chi connectivity index (χ4n) is 4.37. The lowest BCUT2D eigenvalue weighted by atomic mass is 9.95. The van der Waals surface area contributed by atoms with Crippen molar-refractivity contribution < 1.29 is 9.13 Å². The van der Waals surface area contributed by atoms with Crippen LogP contribution < -0.4 is 0 Å². The molecule has 2 heterocycles. The Labute approximate surface area is 178 Å². The summed E-state index contributed by atoms with van der Waals surface area (Å²) in [4.78, 5) is 7.54. The lowest BCUT2D eigenvalue weighted by molar-refractivity contribution is 0.0724. The van der Waals surface area contributed by atoms with Crippen molar-refractivity contribution in [1.82, 2.24) is 14.5 Å². The van der Waals surface area contributed by atoms with Gasteiger partial charge in [0, 0.05) is 19.0 Å². The third kappa shape index (κ3) is 5.08. The minimum Gasteiger partial charge on any atom is -0.377 e. The number of nitrogens with zero attached hydrogens (tertiary/aromatic N) is 3. The molecule has 1 aromatic heterocycles. The summed E-state index contributed by atoms with van der Waals surface area (Å²) in [7, 11) is 0. The molecule has 30 heavy (non-hydrogen) atoms. The van der Waals surface area contributed by atoms with Gasteiger partial charge in [0.05, 0.1) is 23.7 Å². The number of imidazole rings is 1. The highest BCUT2D eigenvalue weighted by Gasteiger charge is 2.25. The Morgan fingerprint density at radius 2 is 1.77 bits per heavy atom. The van der Waals surface area contributed by atoms with Gasteiger partial charge in [-0.15, -0.1) is 0 Å². The summed E-state index contributed by atoms with van der Waals surface area (Å²) < 4.78 is 21.3. The molecule has 0 amide bonds. The fraction of sp³-hybridized carbons (Fsp3) is 0.480. The Morgan fingerprint density at radius 3 is 2.50 bits per heavy atom. The van der Waals surface area contributed by atoms with Gasteiger partial charge in [0.2, 0.25) is 0 Å². The molecule has 3 aromatic rings. The van der Waals surface area contributed by atoms with E-state index in [9.17, 15) is 4.39 Å². The summed E-state index contributed by atoms with van der Waals surface area (Å²) >= 11 is 0. The van der Waals surface area contributed by atoms with E-state index < -0.39 is 0 Å². The van der Waals surface area contributed by atoms with Crippen LogP contribution in [0.25, 0.3) is 11.0 Å². The van der Waals surface area contributed by atoms with Gasteiger partial charge in [0.1, 0.15) is 11.6 Å². The average Bonchev–Trinajstić information content (AvgIpc) is 3.12. The van der Waals surface area contributed by atoms with Crippen molar-refractivity contribution in [2.24, 2.45) is 0 Å². The number of rotatable bonds is 8. The van der Waals surface area contributed by atoms with Crippen LogP contribution in [0.4, 0.5) is 4.39 Å². The topological polar surface area (TPSA) is 30.3 Å². The lowest BCUT2D eigenvalue weighted by Crippen LogP contribution is -2.35. The van der Waals surface area contributed by atoms with E-state index in [1.165, 1.54) is 16.9 Å². The number of piperidine rings is 1. The summed E-state index contributed by atoms with van der Waals surface area (Å²) in [6, 6.07) is 15.3. The number of hydrogen-bond acceptors (Lipinski definition) is 3. The Balaban J connectivity index is 1.39. The van der Waals surface area contributed by atoms with Gasteiger partial charge in [-0.05, 0) is 76.0 Å². The van der Waals surface area contributed by atoms with Crippen LogP contribution in [0.3, 0.4) is 0 Å². The van der Waals surface area contributed by atoms with Crippen LogP contribution in [-0.2, 0) is 17.7 Å². The minimum atomic E-state index is -0.166. The summed E-state index contributed by atoms with van der Waals surface area (Å²) in [5.41, 5.74) is 3.49. The third-order valence-corrected chi connectivity index (χ3v) is 6.03. The zero-order chi connectivity index (χ0) is 20.9. The largest absolute Gasteiger partial charge is 0.377 e. The number of benzene rings is 2. The van der Waals surface area contributed by atoms with E-state index in [2.05, 4.69) is 47.6 Å². The highest BCUT2D eigenvalue weighted by molar-refractivity contribution is 5.76. The van der Waals surface area contributed by atoms with Crippen LogP contribution in [0.5, 0.6) is 0 Å². The number of fused-ring (bicyclic) bond motifs is 1. The average molecular weight is 410 g/mol. The Kier molecular flexibility index (Phi) is 6.80. The van der Waals surface area contributed by atoms with E-state index in [0.717, 1.165) is 51.0 Å². The molecule has 0 aliphatic carbocycles. The quantitative estimate of drug-likeness (QED) is 0.523. The molecule has 4 nitrogen and oxygen atoms in total. The van der Waals surface area contributed by atoms with Crippen LogP contribution in [0, 0.1) is 5.82 Å². The predicted octanol–water partition coefficient (Wildman–Crippen LogP) is 5.02. The zero-order valence-corrected chi connectivity index (χ0v) is 18.1. The SMILES string of the molecule is CC(C)OCCn1c(C2CCN(CCc3ccc(F)cc3)CC2)nc2ccccc21. The number of para-hydroxylation sites is 2. The smallest absolute Gasteiger partial charge is 0.123 e. The van der Waals surface area contributed by atoms with E-state index in [1.807, 2.05) is 12.1 Å². The zero-order valence-electron chi connectivity index (χ0n) is 18.1. The van der Waals surface area contributed by atoms with Crippen molar-refractivity contribution >= 4 is 11.0 Å². The molecule has 0 radical (unpaired) electrons. The first-order valence-corrected chi connectivity index (χ1v) is 11.1. The van der Waals surface area contributed by atoms with Gasteiger partial charge in [0.15, 0.2) is 0 Å². The van der Waals surface area contributed by atoms with Gasteiger partial charge < -0.3 is 14.2 Å². The maximum absolute atomic E-state index is 13.1. The molecule has 1 fully saturated rings. The minimum absolute atomic E-state index is 0.166. The molecule has 0 N–H and O–H groups in total. The Morgan fingerprint density at radius 1 is 1.03 bits per heavy atom. The summed E-state index contributed by atoms with van der Waals surface area (Å²) in [6.45, 7) is 8.90. The number of likely N-dealkylation sites (tertiary alicyclic amines) is 1. The second-order valence-corrected chi connectivity index (χ2v) is 8.52. The molecule has 0 saturated carbocycles. The van der Waals surface area contributed by atoms with Crippen molar-refractivity contribution in [3.05, 3.63) is 65.7 Å². The first-order valence-electron chi connectivity index (χ1n) is 11.1. The summed E-state index contributed by atoms with van der Waals surface area (Å²) in [5.74, 6) is 1.53. The Hall–Kier alpha value is -2.24. The standard InChI is InChI=1S/C25H32FN3O/c1-19(2)30-18-17-29-24-6-4-3-5-23(24)27-25(29)21-12-15-28(16-13-21)14-11-20-7-9-22(26)10-8-20/h3-10,19,21H,11-18H2,1-2H3. The molecule has 0 unspecified atom stereocenters. The molecule has 0 spiro atoms. The molecule has 1 saturated heterocycles. The molecule has 1 aliphatic rings. The number of hydrogen-bond donors (Lipinski definition) is 0. The fourth-order valence-corrected chi connectivity index (χ4v) is 4.37. The second kappa shape index (κ2) is 9.71. The molecule has 160 valence electrons. The van der Waals surface area contributed by atoms with Crippen molar-refractivity contribution in [1.29, 1.82) is 0 Å². The first-order chi connectivity index (χ1) is 14.6. The van der Waals surface area contributed by atoms with Gasteiger partial charge in [0.25, 0.3) is 0 Å². The van der Waals surface area contributed by atoms with Crippen LogP contribution in [0.2, 0.25) is 0 Å². The molecular weight excluding hydrogens is 377 g/mol. The van der Waals surface area contributed by atoms with E-state index >= 15 is 0 Å². The molecule has 0 atom stereocenters. The van der Waals surface area contributed by atoms with Crippen LogP contribution in [0.1, 0.15) is 44.0 Å². The predicted molar refractivity (Wildman–Crippen MR) is 119 cm³/mol. The number of halogens is 1. The number of aromatic nitrogens is 2. The van der Waals surface area contributed by atoms with Crippen molar-refractivity contribution in [3.8, 4) is 0 Å². The van der Waals surface area contributed by atoms with Crippen molar-refractivity contribution in [3.63, 3.8) is 0 Å². The van der Waals surface area contributed by atoms with Crippen molar-refractivity contribution in [2.45, 2.75) is 51.7 Å². The highest BCUT2D eigenvalue weighted by atomic mass is 19.1. The second-order valence-electron chi connectivity index (χ2n) is 8.52. The van der Waals surface area contributed by atoms with Gasteiger partial charge in [-0.3, -0.25) is 0 Å². The monoisotopic (exact) mass is 409 g/mol. The van der Waals surface area contributed by atoms with Crippen LogP contribution >= 0.6 is 0 Å². The van der Waals surface area contributed by atoms with E-state index in [4.69, 9.17) is 9.72 Å². The summed E-state index contributed by atoms with van der Waals surface area (Å²) in [5, 5.41) is 0. The van der Waals surface area contributed by atoms with Gasteiger partial charge >= 0.3 is 0 Å². The van der Waals surface area contributed by atoms with E-state index in [1.54, 1.807) is 12.1 Å². The Bertz CT molecular complexity index is 943. The summed E-state index contributed by atoms with van der Waals surface area (Å²) in [6.07, 6.45) is 3.46. The normalized spacial score (nSPS) is 16.0. The molecule has 0 bridgehead atoms. The molecule has 2 aromatic carbocycles. The number of ether oxygens (including phenoxy) is 1. The van der Waals surface area contributed by atoms with Crippen LogP contribution in [-0.4, -0.2) is 46.8 Å². The highest BCUT2D eigenvalue weighted by Crippen LogP contribution is 2.30. The molecule has 4 rings (SSSR count). The first kappa shape index (κ1) is 21.0. The lowest BCUT2D eigenvalue weighted by Gasteiger charge is -2.32. The molecule has 1 aliphatic heterocycles. The third-order valence-electron chi connectivity index (χ3n) is 6.03. The maximum atomic E-state index is 13.1. The van der Waals surface area contributed by atoms with E-state index in [-0.39, 0.29) is 11.9 Å². The van der Waals surface area contributed by atoms with Gasteiger partial charge in [-0.25, -0.2) is 9.37 Å². The van der Waals surface area contributed by atoms with Gasteiger partial charge in [-0.1, -0.05) is 24.3 Å². The molecule has 5 heteroatoms. The van der Waals surface area contributed by atoms with Crippen LogP contribution in [0.15, 0.2) is 48.5 Å². The maximum Gasteiger partial charge on any atom is 0.123 e. The van der Waals surface area contributed by atoms with Crippen molar-refractivity contribution in [2.75, 3.05) is 26.2 Å².